The number of aliphatic carboxylic acids is 1. The lowest BCUT2D eigenvalue weighted by atomic mass is 10.1. The Bertz CT molecular complexity index is 836. The maximum absolute atomic E-state index is 12.6. The van der Waals surface area contributed by atoms with E-state index in [1.165, 1.54) is 11.6 Å². The summed E-state index contributed by atoms with van der Waals surface area (Å²) in [7, 11) is 0. The Hall–Kier alpha value is -3.08. The van der Waals surface area contributed by atoms with Crippen molar-refractivity contribution in [3.63, 3.8) is 0 Å². The van der Waals surface area contributed by atoms with Crippen LogP contribution in [0.1, 0.15) is 24.5 Å². The van der Waals surface area contributed by atoms with Gasteiger partial charge in [0.15, 0.2) is 0 Å². The van der Waals surface area contributed by atoms with E-state index in [9.17, 15) is 14.7 Å². The molecule has 1 saturated heterocycles. The minimum Gasteiger partial charge on any atom is -0.478 e. The minimum atomic E-state index is -1.09. The largest absolute Gasteiger partial charge is 0.478 e. The van der Waals surface area contributed by atoms with Crippen LogP contribution in [0.25, 0.3) is 5.57 Å². The van der Waals surface area contributed by atoms with Crippen molar-refractivity contribution < 1.29 is 14.7 Å². The zero-order valence-electron chi connectivity index (χ0n) is 16.2. The predicted octanol–water partition coefficient (Wildman–Crippen LogP) is 3.46. The first-order valence-electron chi connectivity index (χ1n) is 9.71. The number of rotatable bonds is 6. The Morgan fingerprint density at radius 3 is 2.18 bits per heavy atom. The molecule has 3 rings (SSSR count). The van der Waals surface area contributed by atoms with Gasteiger partial charge in [0.25, 0.3) is 0 Å². The third kappa shape index (κ3) is 4.80. The first-order valence-corrected chi connectivity index (χ1v) is 9.71. The van der Waals surface area contributed by atoms with E-state index in [-0.39, 0.29) is 11.5 Å². The van der Waals surface area contributed by atoms with E-state index >= 15 is 0 Å². The summed E-state index contributed by atoms with van der Waals surface area (Å²) in [4.78, 5) is 28.2. The van der Waals surface area contributed by atoms with E-state index < -0.39 is 5.97 Å². The lowest BCUT2D eigenvalue weighted by molar-refractivity contribution is -0.131. The van der Waals surface area contributed by atoms with Crippen LogP contribution in [0.4, 0.5) is 5.69 Å². The van der Waals surface area contributed by atoms with Gasteiger partial charge in [0.05, 0.1) is 5.57 Å². The van der Waals surface area contributed by atoms with Gasteiger partial charge in [-0.25, -0.2) is 4.79 Å². The number of carbonyl (C=O) groups excluding carboxylic acids is 1. The summed E-state index contributed by atoms with van der Waals surface area (Å²) < 4.78 is 0. The number of carboxylic acids is 1. The Balaban J connectivity index is 1.63. The average Bonchev–Trinajstić information content (AvgIpc) is 2.73. The van der Waals surface area contributed by atoms with E-state index in [0.717, 1.165) is 31.6 Å². The smallest absolute Gasteiger partial charge is 0.336 e. The van der Waals surface area contributed by atoms with Crippen LogP contribution in [-0.4, -0.2) is 48.1 Å². The third-order valence-corrected chi connectivity index (χ3v) is 5.01. The van der Waals surface area contributed by atoms with Crippen LogP contribution >= 0.6 is 0 Å². The highest BCUT2D eigenvalue weighted by atomic mass is 16.4. The van der Waals surface area contributed by atoms with E-state index in [2.05, 4.69) is 36.1 Å². The molecule has 0 saturated carbocycles. The van der Waals surface area contributed by atoms with Gasteiger partial charge in [0, 0.05) is 37.9 Å². The average molecular weight is 378 g/mol. The number of nitrogens with zero attached hydrogens (tertiary/aromatic N) is 2. The molecule has 1 heterocycles. The fourth-order valence-corrected chi connectivity index (χ4v) is 3.45. The quantitative estimate of drug-likeness (QED) is 0.782. The first-order chi connectivity index (χ1) is 13.6. The molecule has 1 aliphatic heterocycles. The lowest BCUT2D eigenvalue weighted by Gasteiger charge is -2.35. The van der Waals surface area contributed by atoms with E-state index in [4.69, 9.17) is 0 Å². The molecule has 0 aromatic heterocycles. The van der Waals surface area contributed by atoms with Crippen LogP contribution in [-0.2, 0) is 16.0 Å². The second-order valence-electron chi connectivity index (χ2n) is 6.96. The number of carbonyl (C=O) groups is 2. The SMILES string of the molecule is CCCc1ccc(N2CCN(C(=O)C=C(C(=O)O)c3ccccc3)CC2)cc1. The molecule has 146 valence electrons. The number of aryl methyl sites for hydroxylation is 1. The van der Waals surface area contributed by atoms with Gasteiger partial charge >= 0.3 is 5.97 Å². The Labute approximate surface area is 165 Å². The summed E-state index contributed by atoms with van der Waals surface area (Å²) in [5, 5.41) is 9.48. The van der Waals surface area contributed by atoms with Gasteiger partial charge in [0.2, 0.25) is 5.91 Å². The molecule has 1 amide bonds. The van der Waals surface area contributed by atoms with Gasteiger partial charge in [-0.05, 0) is 29.7 Å². The van der Waals surface area contributed by atoms with Crippen molar-refractivity contribution in [1.82, 2.24) is 4.90 Å². The number of benzene rings is 2. The number of amides is 1. The van der Waals surface area contributed by atoms with Gasteiger partial charge in [-0.1, -0.05) is 55.8 Å². The molecule has 28 heavy (non-hydrogen) atoms. The van der Waals surface area contributed by atoms with Crippen molar-refractivity contribution in [2.75, 3.05) is 31.1 Å². The number of hydrogen-bond donors (Lipinski definition) is 1. The number of piperazine rings is 1. The Morgan fingerprint density at radius 2 is 1.61 bits per heavy atom. The fraction of sp³-hybridized carbons (Fsp3) is 0.304. The molecule has 0 unspecified atom stereocenters. The Kier molecular flexibility index (Phi) is 6.48. The summed E-state index contributed by atoms with van der Waals surface area (Å²) in [6, 6.07) is 17.4. The van der Waals surface area contributed by atoms with Crippen molar-refractivity contribution in [3.8, 4) is 0 Å². The molecule has 1 N–H and O–H groups in total. The molecular formula is C23H26N2O3. The molecule has 2 aromatic rings. The Morgan fingerprint density at radius 1 is 0.964 bits per heavy atom. The van der Waals surface area contributed by atoms with Crippen LogP contribution in [0.2, 0.25) is 0 Å². The van der Waals surface area contributed by atoms with Crippen LogP contribution in [0.15, 0.2) is 60.7 Å². The molecule has 5 nitrogen and oxygen atoms in total. The van der Waals surface area contributed by atoms with E-state index in [1.807, 2.05) is 6.07 Å². The van der Waals surface area contributed by atoms with Crippen molar-refractivity contribution >= 4 is 23.1 Å². The number of carboxylic acid groups (broad SMARTS) is 1. The highest BCUT2D eigenvalue weighted by Crippen LogP contribution is 2.19. The van der Waals surface area contributed by atoms with Crippen molar-refractivity contribution in [3.05, 3.63) is 71.8 Å². The highest BCUT2D eigenvalue weighted by Gasteiger charge is 2.22. The van der Waals surface area contributed by atoms with Crippen LogP contribution in [0, 0.1) is 0 Å². The van der Waals surface area contributed by atoms with E-state index in [0.29, 0.717) is 18.7 Å². The molecule has 0 bridgehead atoms. The summed E-state index contributed by atoms with van der Waals surface area (Å²) >= 11 is 0. The highest BCUT2D eigenvalue weighted by molar-refractivity contribution is 6.20. The van der Waals surface area contributed by atoms with Crippen molar-refractivity contribution in [2.24, 2.45) is 0 Å². The van der Waals surface area contributed by atoms with Crippen molar-refractivity contribution in [2.45, 2.75) is 19.8 Å². The number of hydrogen-bond acceptors (Lipinski definition) is 3. The molecule has 0 aliphatic carbocycles. The molecule has 0 atom stereocenters. The second-order valence-corrected chi connectivity index (χ2v) is 6.96. The van der Waals surface area contributed by atoms with Gasteiger partial charge in [-0.2, -0.15) is 0 Å². The zero-order chi connectivity index (χ0) is 19.9. The van der Waals surface area contributed by atoms with Gasteiger partial charge in [-0.3, -0.25) is 4.79 Å². The lowest BCUT2D eigenvalue weighted by Crippen LogP contribution is -2.48. The molecule has 0 spiro atoms. The fourth-order valence-electron chi connectivity index (χ4n) is 3.45. The second kappa shape index (κ2) is 9.22. The van der Waals surface area contributed by atoms with Crippen LogP contribution in [0.3, 0.4) is 0 Å². The van der Waals surface area contributed by atoms with E-state index in [1.54, 1.807) is 29.2 Å². The summed E-state index contributed by atoms with van der Waals surface area (Å²) in [5.74, 6) is -1.34. The molecule has 5 heteroatoms. The molecular weight excluding hydrogens is 352 g/mol. The molecule has 0 radical (unpaired) electrons. The molecule has 2 aromatic carbocycles. The summed E-state index contributed by atoms with van der Waals surface area (Å²) in [6.45, 7) is 4.80. The zero-order valence-corrected chi connectivity index (χ0v) is 16.2. The summed E-state index contributed by atoms with van der Waals surface area (Å²) in [6.07, 6.45) is 3.46. The topological polar surface area (TPSA) is 60.9 Å². The summed E-state index contributed by atoms with van der Waals surface area (Å²) in [5.41, 5.74) is 3.07. The molecule has 1 fully saturated rings. The molecule has 1 aliphatic rings. The monoisotopic (exact) mass is 378 g/mol. The van der Waals surface area contributed by atoms with Crippen molar-refractivity contribution in [1.29, 1.82) is 0 Å². The maximum atomic E-state index is 12.6. The first kappa shape index (κ1) is 19.7. The van der Waals surface area contributed by atoms with Crippen LogP contribution < -0.4 is 4.90 Å². The normalized spacial score (nSPS) is 14.8. The van der Waals surface area contributed by atoms with Gasteiger partial charge in [0.1, 0.15) is 0 Å². The number of anilines is 1. The minimum absolute atomic E-state index is 0.0274. The predicted molar refractivity (Wildman–Crippen MR) is 111 cm³/mol. The standard InChI is InChI=1S/C23H26N2O3/c1-2-6-18-9-11-20(12-10-18)24-13-15-25(16-14-24)22(26)17-21(23(27)28)19-7-4-3-5-8-19/h3-5,7-12,17H,2,6,13-16H2,1H3,(H,27,28). The maximum Gasteiger partial charge on any atom is 0.336 e. The van der Waals surface area contributed by atoms with Crippen LogP contribution in [0.5, 0.6) is 0 Å². The van der Waals surface area contributed by atoms with Gasteiger partial charge in [-0.15, -0.1) is 0 Å². The van der Waals surface area contributed by atoms with Gasteiger partial charge < -0.3 is 14.9 Å². The third-order valence-electron chi connectivity index (χ3n) is 5.01.